The largest absolute Gasteiger partial charge is 0.355 e. The summed E-state index contributed by atoms with van der Waals surface area (Å²) < 4.78 is 48.2. The topological polar surface area (TPSA) is 58.2 Å². The molecule has 0 saturated carbocycles. The minimum atomic E-state index is -4.60. The lowest BCUT2D eigenvalue weighted by atomic mass is 10.1. The maximum absolute atomic E-state index is 12.2. The van der Waals surface area contributed by atoms with Crippen LogP contribution in [0.25, 0.3) is 0 Å². The van der Waals surface area contributed by atoms with Gasteiger partial charge < -0.3 is 5.32 Å². The molecule has 1 aromatic rings. The third-order valence-electron chi connectivity index (χ3n) is 2.61. The molecular formula is C12H18F2N2O2S. The molecule has 1 rings (SSSR count). The summed E-state index contributed by atoms with van der Waals surface area (Å²) in [6.07, 6.45) is 1.01. The Balaban J connectivity index is 2.72. The highest BCUT2D eigenvalue weighted by Gasteiger charge is 2.23. The molecule has 1 unspecified atom stereocenters. The van der Waals surface area contributed by atoms with Crippen molar-refractivity contribution < 1.29 is 17.2 Å². The second-order valence-electron chi connectivity index (χ2n) is 4.21. The van der Waals surface area contributed by atoms with Crippen LogP contribution in [-0.2, 0) is 10.0 Å². The molecule has 0 aliphatic heterocycles. The van der Waals surface area contributed by atoms with Crippen molar-refractivity contribution in [3.63, 3.8) is 0 Å². The molecule has 19 heavy (non-hydrogen) atoms. The molecule has 0 heterocycles. The molecule has 0 spiro atoms. The van der Waals surface area contributed by atoms with E-state index in [9.17, 15) is 17.2 Å². The van der Waals surface area contributed by atoms with E-state index in [-0.39, 0.29) is 11.7 Å². The molecule has 0 fully saturated rings. The second kappa shape index (κ2) is 6.81. The van der Waals surface area contributed by atoms with Crippen molar-refractivity contribution in [1.82, 2.24) is 5.32 Å². The van der Waals surface area contributed by atoms with E-state index in [2.05, 4.69) is 12.2 Å². The van der Waals surface area contributed by atoms with Crippen LogP contribution < -0.4 is 10.0 Å². The minimum absolute atomic E-state index is 0.126. The SMILES string of the molecule is CCCNC(C)c1ccc(NS(=O)(=O)C(F)F)cc1. The van der Waals surface area contributed by atoms with Gasteiger partial charge in [0.25, 0.3) is 10.0 Å². The summed E-state index contributed by atoms with van der Waals surface area (Å²) in [7, 11) is -4.60. The van der Waals surface area contributed by atoms with Gasteiger partial charge in [0.2, 0.25) is 0 Å². The first-order valence-electron chi connectivity index (χ1n) is 6.00. The molecule has 4 nitrogen and oxygen atoms in total. The Hall–Kier alpha value is -1.21. The van der Waals surface area contributed by atoms with Gasteiger partial charge in [0.05, 0.1) is 0 Å². The van der Waals surface area contributed by atoms with Crippen LogP contribution in [0, 0.1) is 0 Å². The molecular weight excluding hydrogens is 274 g/mol. The van der Waals surface area contributed by atoms with Crippen molar-refractivity contribution in [2.24, 2.45) is 0 Å². The van der Waals surface area contributed by atoms with Gasteiger partial charge in [-0.25, -0.2) is 8.42 Å². The Labute approximate surface area is 112 Å². The fourth-order valence-corrected chi connectivity index (χ4v) is 2.08. The molecule has 0 saturated heterocycles. The van der Waals surface area contributed by atoms with E-state index >= 15 is 0 Å². The highest BCUT2D eigenvalue weighted by atomic mass is 32.2. The highest BCUT2D eigenvalue weighted by molar-refractivity contribution is 7.93. The number of hydrogen-bond donors (Lipinski definition) is 2. The Kier molecular flexibility index (Phi) is 5.68. The molecule has 7 heteroatoms. The quantitative estimate of drug-likeness (QED) is 0.812. The highest BCUT2D eigenvalue weighted by Crippen LogP contribution is 2.18. The molecule has 108 valence electrons. The third-order valence-corrected chi connectivity index (χ3v) is 3.60. The zero-order valence-electron chi connectivity index (χ0n) is 10.9. The predicted molar refractivity (Wildman–Crippen MR) is 71.7 cm³/mol. The fourth-order valence-electron chi connectivity index (χ4n) is 1.53. The first kappa shape index (κ1) is 15.8. The van der Waals surface area contributed by atoms with Crippen LogP contribution >= 0.6 is 0 Å². The van der Waals surface area contributed by atoms with Gasteiger partial charge in [-0.2, -0.15) is 8.78 Å². The molecule has 0 radical (unpaired) electrons. The van der Waals surface area contributed by atoms with Crippen LogP contribution in [0.4, 0.5) is 14.5 Å². The van der Waals surface area contributed by atoms with E-state index in [1.54, 1.807) is 12.1 Å². The lowest BCUT2D eigenvalue weighted by Gasteiger charge is -2.14. The predicted octanol–water partition coefficient (Wildman–Crippen LogP) is 2.71. The van der Waals surface area contributed by atoms with Gasteiger partial charge in [0.1, 0.15) is 0 Å². The van der Waals surface area contributed by atoms with Crippen LogP contribution in [0.1, 0.15) is 31.9 Å². The maximum Gasteiger partial charge on any atom is 0.355 e. The molecule has 0 aliphatic carbocycles. The summed E-state index contributed by atoms with van der Waals surface area (Å²) in [6, 6.07) is 6.48. The van der Waals surface area contributed by atoms with Crippen molar-refractivity contribution in [2.45, 2.75) is 32.1 Å². The zero-order valence-corrected chi connectivity index (χ0v) is 11.7. The molecule has 1 atom stereocenters. The van der Waals surface area contributed by atoms with E-state index in [4.69, 9.17) is 0 Å². The summed E-state index contributed by atoms with van der Waals surface area (Å²) in [5.74, 6) is -3.43. The fraction of sp³-hybridized carbons (Fsp3) is 0.500. The standard InChI is InChI=1S/C12H18F2N2O2S/c1-3-8-15-9(2)10-4-6-11(7-5-10)16-19(17,18)12(13)14/h4-7,9,12,15-16H,3,8H2,1-2H3. The number of sulfonamides is 1. The molecule has 0 aromatic heterocycles. The van der Waals surface area contributed by atoms with Crippen LogP contribution in [0.2, 0.25) is 0 Å². The van der Waals surface area contributed by atoms with Gasteiger partial charge in [0, 0.05) is 11.7 Å². The van der Waals surface area contributed by atoms with E-state index in [1.807, 2.05) is 11.6 Å². The molecule has 0 bridgehead atoms. The summed E-state index contributed by atoms with van der Waals surface area (Å²) in [5, 5.41) is 3.28. The average molecular weight is 292 g/mol. The van der Waals surface area contributed by atoms with Crippen molar-refractivity contribution in [3.05, 3.63) is 29.8 Å². The Bertz CT molecular complexity index is 489. The Morgan fingerprint density at radius 1 is 1.21 bits per heavy atom. The van der Waals surface area contributed by atoms with Crippen LogP contribution in [0.3, 0.4) is 0 Å². The van der Waals surface area contributed by atoms with Crippen molar-refractivity contribution in [3.8, 4) is 0 Å². The first-order valence-corrected chi connectivity index (χ1v) is 7.54. The van der Waals surface area contributed by atoms with Crippen molar-refractivity contribution >= 4 is 15.7 Å². The van der Waals surface area contributed by atoms with E-state index < -0.39 is 15.8 Å². The van der Waals surface area contributed by atoms with Crippen LogP contribution in [0.5, 0.6) is 0 Å². The van der Waals surface area contributed by atoms with Crippen molar-refractivity contribution in [2.75, 3.05) is 11.3 Å². The summed E-state index contributed by atoms with van der Waals surface area (Å²) in [6.45, 7) is 4.91. The van der Waals surface area contributed by atoms with Gasteiger partial charge in [-0.05, 0) is 37.6 Å². The molecule has 2 N–H and O–H groups in total. The molecule has 0 aliphatic rings. The van der Waals surface area contributed by atoms with Gasteiger partial charge >= 0.3 is 5.76 Å². The molecule has 1 aromatic carbocycles. The van der Waals surface area contributed by atoms with Gasteiger partial charge in [-0.1, -0.05) is 19.1 Å². The number of benzene rings is 1. The van der Waals surface area contributed by atoms with Crippen molar-refractivity contribution in [1.29, 1.82) is 0 Å². The van der Waals surface area contributed by atoms with Gasteiger partial charge in [0.15, 0.2) is 0 Å². The average Bonchev–Trinajstić information content (AvgIpc) is 2.36. The zero-order chi connectivity index (χ0) is 14.5. The second-order valence-corrected chi connectivity index (χ2v) is 5.86. The normalized spacial score (nSPS) is 13.5. The smallest absolute Gasteiger partial charge is 0.310 e. The summed E-state index contributed by atoms with van der Waals surface area (Å²) in [5.41, 5.74) is 1.10. The number of anilines is 1. The Morgan fingerprint density at radius 3 is 2.26 bits per heavy atom. The summed E-state index contributed by atoms with van der Waals surface area (Å²) >= 11 is 0. The van der Waals surface area contributed by atoms with Crippen LogP contribution in [-0.4, -0.2) is 20.7 Å². The number of alkyl halides is 2. The van der Waals surface area contributed by atoms with Gasteiger partial charge in [-0.3, -0.25) is 4.72 Å². The number of rotatable bonds is 7. The number of hydrogen-bond acceptors (Lipinski definition) is 3. The van der Waals surface area contributed by atoms with E-state index in [1.165, 1.54) is 12.1 Å². The monoisotopic (exact) mass is 292 g/mol. The van der Waals surface area contributed by atoms with E-state index in [0.29, 0.717) is 0 Å². The summed E-state index contributed by atoms with van der Waals surface area (Å²) in [4.78, 5) is 0. The number of halogens is 2. The number of nitrogens with one attached hydrogen (secondary N) is 2. The lowest BCUT2D eigenvalue weighted by Crippen LogP contribution is -2.21. The Morgan fingerprint density at radius 2 is 1.79 bits per heavy atom. The molecule has 0 amide bonds. The first-order chi connectivity index (χ1) is 8.86. The minimum Gasteiger partial charge on any atom is -0.310 e. The van der Waals surface area contributed by atoms with Gasteiger partial charge in [-0.15, -0.1) is 0 Å². The maximum atomic E-state index is 12.2. The third kappa shape index (κ3) is 4.76. The lowest BCUT2D eigenvalue weighted by molar-refractivity contribution is 0.236. The van der Waals surface area contributed by atoms with Crippen LogP contribution in [0.15, 0.2) is 24.3 Å². The van der Waals surface area contributed by atoms with E-state index in [0.717, 1.165) is 18.5 Å².